The maximum atomic E-state index is 13.2. The van der Waals surface area contributed by atoms with E-state index in [4.69, 9.17) is 11.6 Å². The smallest absolute Gasteiger partial charge is 0.268 e. The van der Waals surface area contributed by atoms with Crippen LogP contribution in [0.2, 0.25) is 5.15 Å². The summed E-state index contributed by atoms with van der Waals surface area (Å²) in [6.45, 7) is 2.57. The molecule has 0 saturated carbocycles. The van der Waals surface area contributed by atoms with Crippen molar-refractivity contribution in [1.82, 2.24) is 20.2 Å². The summed E-state index contributed by atoms with van der Waals surface area (Å²) >= 11 is 5.92. The van der Waals surface area contributed by atoms with Crippen molar-refractivity contribution in [3.63, 3.8) is 0 Å². The molecule has 0 spiro atoms. The molecule has 0 aliphatic heterocycles. The van der Waals surface area contributed by atoms with Crippen LogP contribution in [0.5, 0.6) is 0 Å². The highest BCUT2D eigenvalue weighted by molar-refractivity contribution is 6.30. The van der Waals surface area contributed by atoms with Crippen LogP contribution in [0, 0.1) is 0 Å². The molecule has 7 nitrogen and oxygen atoms in total. The molecule has 3 N–H and O–H groups in total. The van der Waals surface area contributed by atoms with E-state index in [-0.39, 0.29) is 19.1 Å². The first kappa shape index (κ1) is 21.8. The fraction of sp³-hybridized carbons (Fsp3) is 0.318. The Bertz CT molecular complexity index is 1000. The molecule has 30 heavy (non-hydrogen) atoms. The van der Waals surface area contributed by atoms with Gasteiger partial charge in [-0.25, -0.2) is 4.98 Å². The van der Waals surface area contributed by atoms with E-state index in [2.05, 4.69) is 15.3 Å². The second kappa shape index (κ2) is 10.2. The molecule has 0 saturated heterocycles. The molecule has 0 bridgehead atoms. The number of nitrogens with one attached hydrogen (secondary N) is 2. The maximum absolute atomic E-state index is 13.2. The summed E-state index contributed by atoms with van der Waals surface area (Å²) in [6.07, 6.45) is 2.67. The summed E-state index contributed by atoms with van der Waals surface area (Å²) in [7, 11) is 0. The number of hydrogen-bond acceptors (Lipinski definition) is 4. The second-order valence-electron chi connectivity index (χ2n) is 7.04. The van der Waals surface area contributed by atoms with E-state index < -0.39 is 11.9 Å². The van der Waals surface area contributed by atoms with Gasteiger partial charge >= 0.3 is 0 Å². The molecule has 0 fully saturated rings. The van der Waals surface area contributed by atoms with Gasteiger partial charge in [-0.05, 0) is 24.1 Å². The monoisotopic (exact) mass is 428 g/mol. The summed E-state index contributed by atoms with van der Waals surface area (Å²) in [4.78, 5) is 34.7. The van der Waals surface area contributed by atoms with Crippen molar-refractivity contribution in [2.45, 2.75) is 25.8 Å². The van der Waals surface area contributed by atoms with Gasteiger partial charge in [-0.3, -0.25) is 9.59 Å². The van der Waals surface area contributed by atoms with Crippen molar-refractivity contribution in [2.24, 2.45) is 0 Å². The predicted octanol–water partition coefficient (Wildman–Crippen LogP) is 2.79. The molecule has 3 rings (SSSR count). The van der Waals surface area contributed by atoms with Gasteiger partial charge in [0.15, 0.2) is 0 Å². The molecular formula is C22H25ClN4O3. The average molecular weight is 429 g/mol. The molecule has 0 radical (unpaired) electrons. The first-order chi connectivity index (χ1) is 14.5. The lowest BCUT2D eigenvalue weighted by atomic mass is 10.0. The Kier molecular flexibility index (Phi) is 7.43. The molecule has 0 aliphatic carbocycles. The molecule has 8 heteroatoms. The molecule has 1 atom stereocenters. The predicted molar refractivity (Wildman–Crippen MR) is 116 cm³/mol. The molecule has 158 valence electrons. The Morgan fingerprint density at radius 1 is 1.23 bits per heavy atom. The van der Waals surface area contributed by atoms with Crippen molar-refractivity contribution >= 4 is 34.3 Å². The first-order valence-corrected chi connectivity index (χ1v) is 10.3. The summed E-state index contributed by atoms with van der Waals surface area (Å²) < 4.78 is 0. The number of aliphatic hydroxyl groups excluding tert-OH is 1. The number of aromatic nitrogens is 2. The van der Waals surface area contributed by atoms with Crippen LogP contribution in [0.3, 0.4) is 0 Å². The fourth-order valence-corrected chi connectivity index (χ4v) is 3.52. The van der Waals surface area contributed by atoms with Gasteiger partial charge in [0.2, 0.25) is 5.91 Å². The quantitative estimate of drug-likeness (QED) is 0.456. The minimum Gasteiger partial charge on any atom is -0.395 e. The highest BCUT2D eigenvalue weighted by atomic mass is 35.5. The lowest BCUT2D eigenvalue weighted by Crippen LogP contribution is -2.50. The number of carbonyl (C=O) groups is 2. The van der Waals surface area contributed by atoms with E-state index in [0.717, 1.165) is 17.4 Å². The largest absolute Gasteiger partial charge is 0.395 e. The van der Waals surface area contributed by atoms with Crippen molar-refractivity contribution in [3.05, 3.63) is 65.1 Å². The Labute approximate surface area is 180 Å². The van der Waals surface area contributed by atoms with Crippen LogP contribution in [0.1, 0.15) is 29.4 Å². The third-order valence-corrected chi connectivity index (χ3v) is 4.98. The molecule has 2 amide bonds. The molecular weight excluding hydrogens is 404 g/mol. The van der Waals surface area contributed by atoms with E-state index in [1.807, 2.05) is 37.3 Å². The number of halogens is 1. The van der Waals surface area contributed by atoms with Crippen molar-refractivity contribution in [2.75, 3.05) is 19.7 Å². The Balaban J connectivity index is 1.84. The van der Waals surface area contributed by atoms with Gasteiger partial charge in [0.1, 0.15) is 16.9 Å². The van der Waals surface area contributed by atoms with Gasteiger partial charge in [0.25, 0.3) is 5.91 Å². The van der Waals surface area contributed by atoms with Crippen LogP contribution in [-0.4, -0.2) is 57.5 Å². The Morgan fingerprint density at radius 2 is 2.00 bits per heavy atom. The lowest BCUT2D eigenvalue weighted by molar-refractivity contribution is -0.133. The molecule has 3 aromatic rings. The summed E-state index contributed by atoms with van der Waals surface area (Å²) in [5.74, 6) is -0.610. The SMILES string of the molecule is CCCN(CCO)C(=O)[C@H](Cc1ccccc1)NC(=O)c1cc2cc(Cl)ncc2[nH]1. The van der Waals surface area contributed by atoms with Crippen molar-refractivity contribution in [1.29, 1.82) is 0 Å². The zero-order valence-corrected chi connectivity index (χ0v) is 17.5. The van der Waals surface area contributed by atoms with Gasteiger partial charge in [-0.15, -0.1) is 0 Å². The molecule has 2 heterocycles. The van der Waals surface area contributed by atoms with E-state index in [9.17, 15) is 14.7 Å². The van der Waals surface area contributed by atoms with E-state index in [1.165, 1.54) is 0 Å². The number of hydrogen-bond donors (Lipinski definition) is 3. The number of rotatable bonds is 9. The number of fused-ring (bicyclic) bond motifs is 1. The average Bonchev–Trinajstić information content (AvgIpc) is 3.16. The van der Waals surface area contributed by atoms with Gasteiger partial charge in [-0.1, -0.05) is 48.9 Å². The fourth-order valence-electron chi connectivity index (χ4n) is 3.36. The Hall–Kier alpha value is -2.90. The van der Waals surface area contributed by atoms with E-state index in [0.29, 0.717) is 29.3 Å². The maximum Gasteiger partial charge on any atom is 0.268 e. The second-order valence-corrected chi connectivity index (χ2v) is 7.43. The highest BCUT2D eigenvalue weighted by Gasteiger charge is 2.26. The zero-order valence-electron chi connectivity index (χ0n) is 16.8. The van der Waals surface area contributed by atoms with Crippen LogP contribution < -0.4 is 5.32 Å². The number of benzene rings is 1. The molecule has 2 aromatic heterocycles. The number of aromatic amines is 1. The van der Waals surface area contributed by atoms with Crippen molar-refractivity contribution < 1.29 is 14.7 Å². The summed E-state index contributed by atoms with van der Waals surface area (Å²) in [5, 5.41) is 13.3. The number of H-pyrrole nitrogens is 1. The number of amides is 2. The van der Waals surface area contributed by atoms with Gasteiger partial charge in [-0.2, -0.15) is 0 Å². The topological polar surface area (TPSA) is 98.3 Å². The molecule has 0 aliphatic rings. The minimum absolute atomic E-state index is 0.131. The molecule has 0 unspecified atom stereocenters. The number of nitrogens with zero attached hydrogens (tertiary/aromatic N) is 2. The van der Waals surface area contributed by atoms with Crippen LogP contribution in [0.15, 0.2) is 48.7 Å². The third-order valence-electron chi connectivity index (χ3n) is 4.78. The molecule has 1 aromatic carbocycles. The van der Waals surface area contributed by atoms with Crippen LogP contribution in [0.25, 0.3) is 10.9 Å². The van der Waals surface area contributed by atoms with Crippen molar-refractivity contribution in [3.8, 4) is 0 Å². The third kappa shape index (κ3) is 5.37. The van der Waals surface area contributed by atoms with E-state index in [1.54, 1.807) is 23.2 Å². The summed E-state index contributed by atoms with van der Waals surface area (Å²) in [5.41, 5.74) is 1.94. The number of pyridine rings is 1. The lowest BCUT2D eigenvalue weighted by Gasteiger charge is -2.27. The van der Waals surface area contributed by atoms with Crippen LogP contribution in [-0.2, 0) is 11.2 Å². The summed E-state index contributed by atoms with van der Waals surface area (Å²) in [6, 6.07) is 12.1. The normalized spacial score (nSPS) is 12.0. The van der Waals surface area contributed by atoms with E-state index >= 15 is 0 Å². The highest BCUT2D eigenvalue weighted by Crippen LogP contribution is 2.18. The number of aliphatic hydroxyl groups is 1. The van der Waals surface area contributed by atoms with Crippen LogP contribution in [0.4, 0.5) is 0 Å². The van der Waals surface area contributed by atoms with Crippen LogP contribution >= 0.6 is 11.6 Å². The van der Waals surface area contributed by atoms with Gasteiger partial charge in [0, 0.05) is 24.9 Å². The zero-order chi connectivity index (χ0) is 21.5. The Morgan fingerprint density at radius 3 is 2.70 bits per heavy atom. The minimum atomic E-state index is -0.758. The number of carbonyl (C=O) groups excluding carboxylic acids is 2. The van der Waals surface area contributed by atoms with Gasteiger partial charge < -0.3 is 20.3 Å². The first-order valence-electron chi connectivity index (χ1n) is 9.90. The standard InChI is InChI=1S/C22H25ClN4O3/c1-2-8-27(9-10-28)22(30)18(11-15-6-4-3-5-7-15)26-21(29)17-12-16-13-20(23)24-14-19(16)25-17/h3-7,12-14,18,25,28H,2,8-11H2,1H3,(H,26,29)/t18-/m0/s1. The van der Waals surface area contributed by atoms with Gasteiger partial charge in [0.05, 0.1) is 18.3 Å².